The van der Waals surface area contributed by atoms with Crippen LogP contribution in [0.5, 0.6) is 0 Å². The minimum absolute atomic E-state index is 0.117. The number of furan rings is 1. The Morgan fingerprint density at radius 3 is 2.73 bits per heavy atom. The number of carbonyl (C=O) groups excluding carboxylic acids is 1. The van der Waals surface area contributed by atoms with Gasteiger partial charge in [0.05, 0.1) is 12.1 Å². The Labute approximate surface area is 150 Å². The van der Waals surface area contributed by atoms with Crippen LogP contribution >= 0.6 is 0 Å². The molecule has 2 aromatic heterocycles. The number of halogens is 2. The van der Waals surface area contributed by atoms with Crippen LogP contribution in [0.25, 0.3) is 11.1 Å². The summed E-state index contributed by atoms with van der Waals surface area (Å²) in [6, 6.07) is 6.93. The van der Waals surface area contributed by atoms with Gasteiger partial charge in [-0.3, -0.25) is 4.79 Å². The van der Waals surface area contributed by atoms with Crippen LogP contribution in [0.1, 0.15) is 48.0 Å². The van der Waals surface area contributed by atoms with E-state index in [1.165, 1.54) is 12.1 Å². The standard InChI is InChI=1S/C20H22F2N2O2/c1-3-4-5-8-23-20(25)18-11-19-17(9-13(2)26-19)24(18)12-14-6-7-15(21)10-16(14)22/h6-7,9-11H,3-5,8,12H2,1-2H3,(H,23,25). The van der Waals surface area contributed by atoms with Gasteiger partial charge in [0.1, 0.15) is 23.1 Å². The summed E-state index contributed by atoms with van der Waals surface area (Å²) in [5, 5.41) is 2.89. The summed E-state index contributed by atoms with van der Waals surface area (Å²) in [5.74, 6) is -0.788. The lowest BCUT2D eigenvalue weighted by Gasteiger charge is -2.11. The van der Waals surface area contributed by atoms with Crippen LogP contribution in [0, 0.1) is 18.6 Å². The molecular weight excluding hydrogens is 338 g/mol. The molecule has 3 rings (SSSR count). The second-order valence-corrected chi connectivity index (χ2v) is 6.42. The Kier molecular flexibility index (Phi) is 5.40. The zero-order chi connectivity index (χ0) is 18.7. The number of unbranched alkanes of at least 4 members (excludes halogenated alkanes) is 2. The van der Waals surface area contributed by atoms with Crippen LogP contribution in [0.3, 0.4) is 0 Å². The van der Waals surface area contributed by atoms with Crippen molar-refractivity contribution in [2.24, 2.45) is 0 Å². The van der Waals surface area contributed by atoms with Crippen molar-refractivity contribution < 1.29 is 18.0 Å². The summed E-state index contributed by atoms with van der Waals surface area (Å²) < 4.78 is 34.6. The molecule has 26 heavy (non-hydrogen) atoms. The van der Waals surface area contributed by atoms with E-state index in [1.807, 2.05) is 13.0 Å². The SMILES string of the molecule is CCCCCNC(=O)c1cc2oc(C)cc2n1Cc1ccc(F)cc1F. The quantitative estimate of drug-likeness (QED) is 0.616. The van der Waals surface area contributed by atoms with E-state index in [1.54, 1.807) is 10.6 Å². The van der Waals surface area contributed by atoms with Gasteiger partial charge >= 0.3 is 0 Å². The van der Waals surface area contributed by atoms with E-state index in [9.17, 15) is 13.6 Å². The normalized spacial score (nSPS) is 11.2. The van der Waals surface area contributed by atoms with Gasteiger partial charge < -0.3 is 14.3 Å². The van der Waals surface area contributed by atoms with Crippen molar-refractivity contribution in [3.63, 3.8) is 0 Å². The predicted molar refractivity (Wildman–Crippen MR) is 96.3 cm³/mol. The summed E-state index contributed by atoms with van der Waals surface area (Å²) in [4.78, 5) is 12.6. The highest BCUT2D eigenvalue weighted by Gasteiger charge is 2.19. The van der Waals surface area contributed by atoms with E-state index in [4.69, 9.17) is 4.42 Å². The van der Waals surface area contributed by atoms with Crippen molar-refractivity contribution in [3.8, 4) is 0 Å². The number of aromatic nitrogens is 1. The highest BCUT2D eigenvalue weighted by Crippen LogP contribution is 2.25. The smallest absolute Gasteiger partial charge is 0.268 e. The molecule has 138 valence electrons. The third kappa shape index (κ3) is 3.79. The van der Waals surface area contributed by atoms with E-state index in [2.05, 4.69) is 12.2 Å². The van der Waals surface area contributed by atoms with Gasteiger partial charge in [0.2, 0.25) is 0 Å². The maximum absolute atomic E-state index is 14.1. The first-order valence-corrected chi connectivity index (χ1v) is 8.81. The lowest BCUT2D eigenvalue weighted by atomic mass is 10.2. The third-order valence-corrected chi connectivity index (χ3v) is 4.35. The van der Waals surface area contributed by atoms with Crippen molar-refractivity contribution >= 4 is 17.0 Å². The van der Waals surface area contributed by atoms with Crippen LogP contribution in [-0.2, 0) is 6.54 Å². The van der Waals surface area contributed by atoms with Crippen molar-refractivity contribution in [3.05, 3.63) is 59.0 Å². The summed E-state index contributed by atoms with van der Waals surface area (Å²) in [7, 11) is 0. The van der Waals surface area contributed by atoms with E-state index in [0.717, 1.165) is 25.3 Å². The molecule has 1 N–H and O–H groups in total. The first kappa shape index (κ1) is 18.2. The Hall–Kier alpha value is -2.63. The van der Waals surface area contributed by atoms with Crippen molar-refractivity contribution in [1.82, 2.24) is 9.88 Å². The molecule has 1 aromatic carbocycles. The van der Waals surface area contributed by atoms with E-state index in [0.29, 0.717) is 34.7 Å². The first-order chi connectivity index (χ1) is 12.5. The molecule has 3 aromatic rings. The number of nitrogens with zero attached hydrogens (tertiary/aromatic N) is 1. The highest BCUT2D eigenvalue weighted by molar-refractivity contribution is 5.97. The molecule has 2 heterocycles. The molecule has 0 unspecified atom stereocenters. The molecular formula is C20H22F2N2O2. The number of carbonyl (C=O) groups is 1. The number of rotatable bonds is 7. The molecule has 0 aliphatic carbocycles. The third-order valence-electron chi connectivity index (χ3n) is 4.35. The molecule has 6 heteroatoms. The second-order valence-electron chi connectivity index (χ2n) is 6.42. The van der Waals surface area contributed by atoms with Crippen LogP contribution < -0.4 is 5.32 Å². The maximum atomic E-state index is 14.1. The Morgan fingerprint density at radius 1 is 1.19 bits per heavy atom. The van der Waals surface area contributed by atoms with E-state index >= 15 is 0 Å². The summed E-state index contributed by atoms with van der Waals surface area (Å²) in [5.41, 5.74) is 2.00. The zero-order valence-corrected chi connectivity index (χ0v) is 14.9. The van der Waals surface area contributed by atoms with Gasteiger partial charge in [0.15, 0.2) is 5.58 Å². The largest absolute Gasteiger partial charge is 0.460 e. The van der Waals surface area contributed by atoms with Crippen molar-refractivity contribution in [1.29, 1.82) is 0 Å². The lowest BCUT2D eigenvalue weighted by Crippen LogP contribution is -2.27. The minimum atomic E-state index is -0.638. The average molecular weight is 360 g/mol. The molecule has 0 bridgehead atoms. The van der Waals surface area contributed by atoms with Gasteiger partial charge in [-0.25, -0.2) is 8.78 Å². The lowest BCUT2D eigenvalue weighted by molar-refractivity contribution is 0.0944. The number of hydrogen-bond acceptors (Lipinski definition) is 2. The van der Waals surface area contributed by atoms with Gasteiger partial charge in [0.25, 0.3) is 5.91 Å². The highest BCUT2D eigenvalue weighted by atomic mass is 19.1. The average Bonchev–Trinajstić information content (AvgIpc) is 3.11. The molecule has 0 atom stereocenters. The summed E-state index contributed by atoms with van der Waals surface area (Å²) >= 11 is 0. The molecule has 0 aliphatic heterocycles. The topological polar surface area (TPSA) is 47.2 Å². The molecule has 0 saturated heterocycles. The number of hydrogen-bond donors (Lipinski definition) is 1. The fourth-order valence-electron chi connectivity index (χ4n) is 3.01. The van der Waals surface area contributed by atoms with E-state index < -0.39 is 11.6 Å². The Balaban J connectivity index is 1.92. The van der Waals surface area contributed by atoms with Crippen molar-refractivity contribution in [2.45, 2.75) is 39.7 Å². The molecule has 4 nitrogen and oxygen atoms in total. The number of benzene rings is 1. The molecule has 1 amide bonds. The van der Waals surface area contributed by atoms with Crippen LogP contribution in [0.2, 0.25) is 0 Å². The summed E-state index contributed by atoms with van der Waals surface area (Å²) in [6.07, 6.45) is 3.02. The van der Waals surface area contributed by atoms with Crippen LogP contribution in [-0.4, -0.2) is 17.0 Å². The summed E-state index contributed by atoms with van der Waals surface area (Å²) in [6.45, 7) is 4.61. The van der Waals surface area contributed by atoms with Gasteiger partial charge in [-0.1, -0.05) is 25.8 Å². The molecule has 0 spiro atoms. The Morgan fingerprint density at radius 2 is 2.00 bits per heavy atom. The van der Waals surface area contributed by atoms with Crippen molar-refractivity contribution in [2.75, 3.05) is 6.54 Å². The molecule has 0 radical (unpaired) electrons. The molecule has 0 aliphatic rings. The van der Waals surface area contributed by atoms with Crippen LogP contribution in [0.4, 0.5) is 8.78 Å². The second kappa shape index (κ2) is 7.72. The Bertz CT molecular complexity index is 927. The van der Waals surface area contributed by atoms with Gasteiger partial charge in [0, 0.05) is 30.3 Å². The molecule has 0 saturated carbocycles. The first-order valence-electron chi connectivity index (χ1n) is 8.81. The monoisotopic (exact) mass is 360 g/mol. The van der Waals surface area contributed by atoms with Crippen LogP contribution in [0.15, 0.2) is 34.7 Å². The zero-order valence-electron chi connectivity index (χ0n) is 14.9. The number of aryl methyl sites for hydroxylation is 1. The number of nitrogens with one attached hydrogen (secondary N) is 1. The fourth-order valence-corrected chi connectivity index (χ4v) is 3.01. The minimum Gasteiger partial charge on any atom is -0.460 e. The number of amides is 1. The van der Waals surface area contributed by atoms with Gasteiger partial charge in [-0.15, -0.1) is 0 Å². The maximum Gasteiger partial charge on any atom is 0.268 e. The van der Waals surface area contributed by atoms with Gasteiger partial charge in [-0.05, 0) is 19.4 Å². The predicted octanol–water partition coefficient (Wildman–Crippen LogP) is 4.79. The van der Waals surface area contributed by atoms with E-state index in [-0.39, 0.29) is 12.5 Å². The number of fused-ring (bicyclic) bond motifs is 1. The van der Waals surface area contributed by atoms with Gasteiger partial charge in [-0.2, -0.15) is 0 Å². The fraction of sp³-hybridized carbons (Fsp3) is 0.350. The molecule has 0 fully saturated rings.